The molecule has 1 aromatic heterocycles. The molecule has 0 saturated carbocycles. The molecular weight excluding hydrogens is 246 g/mol. The van der Waals surface area contributed by atoms with E-state index in [0.717, 1.165) is 5.56 Å². The minimum atomic E-state index is -3.40. The molecule has 0 fully saturated rings. The third kappa shape index (κ3) is 4.58. The zero-order valence-electron chi connectivity index (χ0n) is 9.50. The number of hydrogen-bond acceptors (Lipinski definition) is 4. The summed E-state index contributed by atoms with van der Waals surface area (Å²) >= 11 is 0. The smallest absolute Gasteiger partial charge is 0.303 e. The van der Waals surface area contributed by atoms with Crippen LogP contribution in [0.25, 0.3) is 0 Å². The molecule has 0 aliphatic heterocycles. The second-order valence-electron chi connectivity index (χ2n) is 3.70. The minimum absolute atomic E-state index is 0.118. The van der Waals surface area contributed by atoms with Gasteiger partial charge in [0, 0.05) is 25.6 Å². The van der Waals surface area contributed by atoms with Gasteiger partial charge in [0.2, 0.25) is 10.0 Å². The van der Waals surface area contributed by atoms with E-state index in [1.807, 2.05) is 0 Å². The summed E-state index contributed by atoms with van der Waals surface area (Å²) in [5.41, 5.74) is 0.759. The summed E-state index contributed by atoms with van der Waals surface area (Å²) in [6.45, 7) is 0.228. The molecule has 0 unspecified atom stereocenters. The molecular formula is C10H15NO5S. The highest BCUT2D eigenvalue weighted by atomic mass is 32.2. The highest BCUT2D eigenvalue weighted by molar-refractivity contribution is 7.89. The summed E-state index contributed by atoms with van der Waals surface area (Å²) in [5.74, 6) is -1.15. The molecule has 0 aliphatic rings. The van der Waals surface area contributed by atoms with Gasteiger partial charge in [0.25, 0.3) is 0 Å². The molecule has 0 atom stereocenters. The Hall–Kier alpha value is -1.34. The number of furan rings is 1. The van der Waals surface area contributed by atoms with E-state index in [9.17, 15) is 13.2 Å². The van der Waals surface area contributed by atoms with Crippen LogP contribution in [0.4, 0.5) is 0 Å². The van der Waals surface area contributed by atoms with Crippen molar-refractivity contribution in [3.8, 4) is 0 Å². The fraction of sp³-hybridized carbons (Fsp3) is 0.500. The SMILES string of the molecule is CN(Cc1ccoc1)S(=O)(=O)CCCC(=O)O. The van der Waals surface area contributed by atoms with Gasteiger partial charge in [-0.15, -0.1) is 0 Å². The van der Waals surface area contributed by atoms with Crippen molar-refractivity contribution >= 4 is 16.0 Å². The van der Waals surface area contributed by atoms with Gasteiger partial charge in [-0.3, -0.25) is 4.79 Å². The van der Waals surface area contributed by atoms with Gasteiger partial charge in [0.15, 0.2) is 0 Å². The fourth-order valence-corrected chi connectivity index (χ4v) is 2.47. The van der Waals surface area contributed by atoms with E-state index in [4.69, 9.17) is 9.52 Å². The van der Waals surface area contributed by atoms with Crippen molar-refractivity contribution in [3.05, 3.63) is 24.2 Å². The van der Waals surface area contributed by atoms with Gasteiger partial charge in [-0.2, -0.15) is 0 Å². The first-order valence-electron chi connectivity index (χ1n) is 5.08. The second kappa shape index (κ2) is 5.83. The van der Waals surface area contributed by atoms with Crippen molar-refractivity contribution < 1.29 is 22.7 Å². The van der Waals surface area contributed by atoms with Crippen LogP contribution in [-0.4, -0.2) is 36.6 Å². The summed E-state index contributed by atoms with van der Waals surface area (Å²) in [7, 11) is -1.94. The highest BCUT2D eigenvalue weighted by Gasteiger charge is 2.18. The van der Waals surface area contributed by atoms with Crippen LogP contribution in [0, 0.1) is 0 Å². The van der Waals surface area contributed by atoms with Crippen LogP contribution >= 0.6 is 0 Å². The second-order valence-corrected chi connectivity index (χ2v) is 5.90. The van der Waals surface area contributed by atoms with Crippen molar-refractivity contribution in [3.63, 3.8) is 0 Å². The lowest BCUT2D eigenvalue weighted by atomic mass is 10.3. The van der Waals surface area contributed by atoms with Crippen molar-refractivity contribution in [1.29, 1.82) is 0 Å². The Morgan fingerprint density at radius 2 is 2.24 bits per heavy atom. The maximum Gasteiger partial charge on any atom is 0.303 e. The molecule has 7 heteroatoms. The van der Waals surface area contributed by atoms with E-state index >= 15 is 0 Å². The first-order chi connectivity index (χ1) is 7.92. The van der Waals surface area contributed by atoms with Crippen molar-refractivity contribution in [2.45, 2.75) is 19.4 Å². The summed E-state index contributed by atoms with van der Waals surface area (Å²) in [5, 5.41) is 8.44. The summed E-state index contributed by atoms with van der Waals surface area (Å²) in [6.07, 6.45) is 2.93. The normalized spacial score (nSPS) is 11.9. The molecule has 1 aromatic rings. The van der Waals surface area contributed by atoms with Gasteiger partial charge >= 0.3 is 5.97 Å². The molecule has 0 saturated heterocycles. The molecule has 0 bridgehead atoms. The molecule has 0 radical (unpaired) electrons. The number of carboxylic acids is 1. The van der Waals surface area contributed by atoms with Crippen LogP contribution in [0.2, 0.25) is 0 Å². The third-order valence-corrected chi connectivity index (χ3v) is 4.14. The number of carbonyl (C=O) groups is 1. The largest absolute Gasteiger partial charge is 0.481 e. The van der Waals surface area contributed by atoms with Crippen LogP contribution in [-0.2, 0) is 21.4 Å². The summed E-state index contributed by atoms with van der Waals surface area (Å²) < 4.78 is 29.5. The Morgan fingerprint density at radius 3 is 2.76 bits per heavy atom. The molecule has 1 heterocycles. The minimum Gasteiger partial charge on any atom is -0.481 e. The Balaban J connectivity index is 2.49. The predicted octanol–water partition coefficient (Wildman–Crippen LogP) is 0.906. The highest BCUT2D eigenvalue weighted by Crippen LogP contribution is 2.09. The molecule has 6 nitrogen and oxygen atoms in total. The van der Waals surface area contributed by atoms with Crippen molar-refractivity contribution in [1.82, 2.24) is 4.31 Å². The molecule has 0 spiro atoms. The Bertz CT molecular complexity index is 451. The molecule has 0 amide bonds. The lowest BCUT2D eigenvalue weighted by Gasteiger charge is -2.15. The quantitative estimate of drug-likeness (QED) is 0.788. The fourth-order valence-electron chi connectivity index (χ4n) is 1.30. The van der Waals surface area contributed by atoms with Crippen molar-refractivity contribution in [2.24, 2.45) is 0 Å². The Kier molecular flexibility index (Phi) is 4.71. The van der Waals surface area contributed by atoms with E-state index in [1.54, 1.807) is 6.07 Å². The van der Waals surface area contributed by atoms with Crippen LogP contribution in [0.3, 0.4) is 0 Å². The van der Waals surface area contributed by atoms with Crippen LogP contribution in [0.1, 0.15) is 18.4 Å². The van der Waals surface area contributed by atoms with Gasteiger partial charge in [0.1, 0.15) is 0 Å². The van der Waals surface area contributed by atoms with Gasteiger partial charge in [-0.25, -0.2) is 12.7 Å². The van der Waals surface area contributed by atoms with Crippen LogP contribution in [0.5, 0.6) is 0 Å². The van der Waals surface area contributed by atoms with E-state index in [2.05, 4.69) is 0 Å². The molecule has 17 heavy (non-hydrogen) atoms. The van der Waals surface area contributed by atoms with Gasteiger partial charge in [-0.05, 0) is 12.5 Å². The number of sulfonamides is 1. The molecule has 1 rings (SSSR count). The molecule has 96 valence electrons. The van der Waals surface area contributed by atoms with Crippen LogP contribution in [0.15, 0.2) is 23.0 Å². The van der Waals surface area contributed by atoms with E-state index in [-0.39, 0.29) is 25.1 Å². The van der Waals surface area contributed by atoms with Gasteiger partial charge < -0.3 is 9.52 Å². The monoisotopic (exact) mass is 261 g/mol. The number of carboxylic acid groups (broad SMARTS) is 1. The average Bonchev–Trinajstić information content (AvgIpc) is 2.69. The van der Waals surface area contributed by atoms with Gasteiger partial charge in [-0.1, -0.05) is 0 Å². The van der Waals surface area contributed by atoms with Crippen molar-refractivity contribution in [2.75, 3.05) is 12.8 Å². The third-order valence-electron chi connectivity index (χ3n) is 2.25. The predicted molar refractivity (Wildman–Crippen MR) is 60.8 cm³/mol. The topological polar surface area (TPSA) is 87.8 Å². The van der Waals surface area contributed by atoms with Gasteiger partial charge in [0.05, 0.1) is 18.3 Å². The first kappa shape index (κ1) is 13.7. The zero-order valence-corrected chi connectivity index (χ0v) is 10.3. The summed E-state index contributed by atoms with van der Waals surface area (Å²) in [6, 6.07) is 1.68. The molecule has 1 N–H and O–H groups in total. The van der Waals surface area contributed by atoms with E-state index in [0.29, 0.717) is 0 Å². The number of rotatable bonds is 7. The lowest BCUT2D eigenvalue weighted by molar-refractivity contribution is -0.137. The maximum atomic E-state index is 11.7. The Labute approximate surface area is 99.9 Å². The van der Waals surface area contributed by atoms with E-state index < -0.39 is 16.0 Å². The first-order valence-corrected chi connectivity index (χ1v) is 6.69. The van der Waals surface area contributed by atoms with E-state index in [1.165, 1.54) is 23.9 Å². The molecule has 0 aliphatic carbocycles. The molecule has 0 aromatic carbocycles. The van der Waals surface area contributed by atoms with Crippen LogP contribution < -0.4 is 0 Å². The maximum absolute atomic E-state index is 11.7. The lowest BCUT2D eigenvalue weighted by Crippen LogP contribution is -2.28. The average molecular weight is 261 g/mol. The number of hydrogen-bond donors (Lipinski definition) is 1. The Morgan fingerprint density at radius 1 is 1.53 bits per heavy atom. The number of aliphatic carboxylic acids is 1. The summed E-state index contributed by atoms with van der Waals surface area (Å²) in [4.78, 5) is 10.3. The zero-order chi connectivity index (χ0) is 12.9. The standard InChI is InChI=1S/C10H15NO5S/c1-11(7-9-4-5-16-8-9)17(14,15)6-2-3-10(12)13/h4-5,8H,2-3,6-7H2,1H3,(H,12,13). The number of nitrogens with zero attached hydrogens (tertiary/aromatic N) is 1.